The molecule has 2 aliphatic rings. The molecule has 0 bridgehead atoms. The first-order chi connectivity index (χ1) is 14.2. The Balaban J connectivity index is 1.63. The average Bonchev–Trinajstić information content (AvgIpc) is 3.20. The predicted octanol–water partition coefficient (Wildman–Crippen LogP) is 1.66. The molecule has 1 amide bonds. The number of ether oxygens (including phenoxy) is 1. The summed E-state index contributed by atoms with van der Waals surface area (Å²) < 4.78 is 27.8. The van der Waals surface area contributed by atoms with Gasteiger partial charge in [-0.3, -0.25) is 10.0 Å². The van der Waals surface area contributed by atoms with Gasteiger partial charge in [0, 0.05) is 43.8 Å². The van der Waals surface area contributed by atoms with Crippen LogP contribution in [0.25, 0.3) is 0 Å². The Morgan fingerprint density at radius 3 is 2.57 bits per heavy atom. The molecule has 0 saturated carbocycles. The summed E-state index contributed by atoms with van der Waals surface area (Å²) in [5.74, 6) is 5.86. The zero-order valence-corrected chi connectivity index (χ0v) is 17.9. The van der Waals surface area contributed by atoms with Gasteiger partial charge >= 0.3 is 0 Å². The predicted molar refractivity (Wildman–Crippen MR) is 111 cm³/mol. The topological polar surface area (TPSA) is 114 Å². The summed E-state index contributed by atoms with van der Waals surface area (Å²) >= 11 is 0. The zero-order chi connectivity index (χ0) is 21.8. The van der Waals surface area contributed by atoms with Crippen LogP contribution in [0.5, 0.6) is 0 Å². The van der Waals surface area contributed by atoms with Crippen molar-refractivity contribution in [2.45, 2.75) is 43.5 Å². The van der Waals surface area contributed by atoms with Gasteiger partial charge in [0.25, 0.3) is 5.91 Å². The summed E-state index contributed by atoms with van der Waals surface area (Å²) in [7, 11) is -3.79. The summed E-state index contributed by atoms with van der Waals surface area (Å²) in [6.07, 6.45) is 2.52. The van der Waals surface area contributed by atoms with Crippen LogP contribution in [-0.4, -0.2) is 55.6 Å². The van der Waals surface area contributed by atoms with E-state index >= 15 is 0 Å². The Labute approximate surface area is 176 Å². The molecule has 1 saturated heterocycles. The second kappa shape index (κ2) is 9.16. The van der Waals surface area contributed by atoms with E-state index in [-0.39, 0.29) is 6.42 Å². The number of nitrogens with one attached hydrogen (secondary N) is 1. The highest BCUT2D eigenvalue weighted by Crippen LogP contribution is 2.29. The Hall–Kier alpha value is -2.41. The number of benzene rings is 1. The van der Waals surface area contributed by atoms with Gasteiger partial charge < -0.3 is 9.57 Å². The van der Waals surface area contributed by atoms with Gasteiger partial charge in [0.1, 0.15) is 6.10 Å². The number of oxime groups is 1. The number of hydrogen-bond donors (Lipinski definition) is 2. The first-order valence-corrected chi connectivity index (χ1v) is 11.7. The van der Waals surface area contributed by atoms with Gasteiger partial charge in [0.15, 0.2) is 14.6 Å². The molecule has 2 atom stereocenters. The lowest BCUT2D eigenvalue weighted by atomic mass is 9.96. The first-order valence-electron chi connectivity index (χ1n) is 9.79. The van der Waals surface area contributed by atoms with E-state index in [1.807, 2.05) is 24.3 Å². The van der Waals surface area contributed by atoms with Crippen LogP contribution in [0.1, 0.15) is 43.7 Å². The Bertz CT molecular complexity index is 971. The van der Waals surface area contributed by atoms with Crippen molar-refractivity contribution in [3.05, 3.63) is 35.4 Å². The highest BCUT2D eigenvalue weighted by Gasteiger charge is 2.47. The molecule has 0 radical (unpaired) electrons. The second-order valence-electron chi connectivity index (χ2n) is 7.85. The molecular formula is C21H26N2O6S. The van der Waals surface area contributed by atoms with Crippen molar-refractivity contribution in [2.24, 2.45) is 11.1 Å². The minimum atomic E-state index is -3.79. The molecule has 9 heteroatoms. The van der Waals surface area contributed by atoms with Crippen LogP contribution >= 0.6 is 0 Å². The van der Waals surface area contributed by atoms with E-state index in [4.69, 9.17) is 14.8 Å². The molecule has 1 fully saturated rings. The Morgan fingerprint density at radius 2 is 1.97 bits per heavy atom. The molecule has 0 spiro atoms. The first kappa shape index (κ1) is 22.3. The maximum Gasteiger partial charge on any atom is 0.264 e. The molecule has 0 aromatic heterocycles. The third-order valence-electron chi connectivity index (χ3n) is 5.61. The maximum absolute atomic E-state index is 12.1. The normalized spacial score (nSPS) is 21.6. The van der Waals surface area contributed by atoms with Crippen molar-refractivity contribution in [1.82, 2.24) is 5.48 Å². The standard InChI is InChI=1S/C21H26N2O6S/c1-21(20(24)22-25,30(2,26)27)14-18-13-19(23-29-18)17-7-5-15(6-8-17)3-4-16-9-11-28-12-10-16/h5-8,16,18,25H,9-14H2,1-2H3,(H,22,24)/t18-,21?/m1/s1. The summed E-state index contributed by atoms with van der Waals surface area (Å²) in [5.41, 5.74) is 3.87. The summed E-state index contributed by atoms with van der Waals surface area (Å²) in [6.45, 7) is 2.79. The quantitative estimate of drug-likeness (QED) is 0.414. The Morgan fingerprint density at radius 1 is 1.30 bits per heavy atom. The van der Waals surface area contributed by atoms with Crippen molar-refractivity contribution < 1.29 is 28.0 Å². The number of hydrogen-bond acceptors (Lipinski definition) is 7. The zero-order valence-electron chi connectivity index (χ0n) is 17.1. The van der Waals surface area contributed by atoms with E-state index in [2.05, 4.69) is 17.0 Å². The third kappa shape index (κ3) is 5.01. The highest BCUT2D eigenvalue weighted by molar-refractivity contribution is 7.92. The molecule has 0 aliphatic carbocycles. The van der Waals surface area contributed by atoms with E-state index in [0.717, 1.165) is 43.4 Å². The van der Waals surface area contributed by atoms with Gasteiger partial charge in [0.2, 0.25) is 0 Å². The van der Waals surface area contributed by atoms with Crippen LogP contribution in [0.4, 0.5) is 0 Å². The Kier molecular flexibility index (Phi) is 6.81. The van der Waals surface area contributed by atoms with Gasteiger partial charge in [-0.15, -0.1) is 0 Å². The van der Waals surface area contributed by atoms with Crippen molar-refractivity contribution in [3.63, 3.8) is 0 Å². The highest BCUT2D eigenvalue weighted by atomic mass is 32.2. The molecule has 1 unspecified atom stereocenters. The molecule has 2 N–H and O–H groups in total. The van der Waals surface area contributed by atoms with Gasteiger partial charge in [-0.25, -0.2) is 13.9 Å². The van der Waals surface area contributed by atoms with Crippen LogP contribution < -0.4 is 5.48 Å². The lowest BCUT2D eigenvalue weighted by Crippen LogP contribution is -2.51. The monoisotopic (exact) mass is 434 g/mol. The van der Waals surface area contributed by atoms with E-state index in [9.17, 15) is 13.2 Å². The minimum absolute atomic E-state index is 0.125. The number of carbonyl (C=O) groups is 1. The van der Waals surface area contributed by atoms with Gasteiger partial charge in [-0.2, -0.15) is 0 Å². The van der Waals surface area contributed by atoms with Crippen molar-refractivity contribution >= 4 is 21.5 Å². The van der Waals surface area contributed by atoms with Crippen molar-refractivity contribution in [2.75, 3.05) is 19.5 Å². The molecule has 2 aliphatic heterocycles. The second-order valence-corrected chi connectivity index (χ2v) is 10.3. The van der Waals surface area contributed by atoms with Gasteiger partial charge in [0.05, 0.1) is 5.71 Å². The fraction of sp³-hybridized carbons (Fsp3) is 0.524. The molecule has 162 valence electrons. The SMILES string of the molecule is CC(C[C@H]1CC(c2ccc(C#CC3CCOCC3)cc2)=NO1)(C(=O)NO)S(C)(=O)=O. The van der Waals surface area contributed by atoms with Crippen LogP contribution in [-0.2, 0) is 24.2 Å². The van der Waals surface area contributed by atoms with Crippen LogP contribution in [0.2, 0.25) is 0 Å². The van der Waals surface area contributed by atoms with E-state index in [0.29, 0.717) is 18.1 Å². The molecule has 3 rings (SSSR count). The molecule has 1 aromatic rings. The average molecular weight is 435 g/mol. The number of hydroxylamine groups is 1. The molecule has 8 nitrogen and oxygen atoms in total. The molecule has 30 heavy (non-hydrogen) atoms. The third-order valence-corrected chi connectivity index (χ3v) is 7.60. The summed E-state index contributed by atoms with van der Waals surface area (Å²) in [4.78, 5) is 17.4. The lowest BCUT2D eigenvalue weighted by molar-refractivity contribution is -0.132. The molecule has 2 heterocycles. The van der Waals surface area contributed by atoms with Gasteiger partial charge in [-0.05, 0) is 37.5 Å². The number of amides is 1. The lowest BCUT2D eigenvalue weighted by Gasteiger charge is -2.26. The number of sulfone groups is 1. The maximum atomic E-state index is 12.1. The van der Waals surface area contributed by atoms with Crippen molar-refractivity contribution in [3.8, 4) is 11.8 Å². The fourth-order valence-electron chi connectivity index (χ4n) is 3.45. The van der Waals surface area contributed by atoms with Crippen LogP contribution in [0, 0.1) is 17.8 Å². The van der Waals surface area contributed by atoms with Crippen LogP contribution in [0.15, 0.2) is 29.4 Å². The van der Waals surface area contributed by atoms with E-state index < -0.39 is 26.6 Å². The number of rotatable bonds is 5. The number of nitrogens with zero attached hydrogens (tertiary/aromatic N) is 1. The summed E-state index contributed by atoms with van der Waals surface area (Å²) in [5, 5.41) is 13.0. The fourth-order valence-corrected chi connectivity index (χ4v) is 4.32. The van der Waals surface area contributed by atoms with Gasteiger partial charge in [-0.1, -0.05) is 29.1 Å². The van der Waals surface area contributed by atoms with E-state index in [1.54, 1.807) is 0 Å². The molecule has 1 aromatic carbocycles. The largest absolute Gasteiger partial charge is 0.392 e. The van der Waals surface area contributed by atoms with Crippen molar-refractivity contribution in [1.29, 1.82) is 0 Å². The smallest absolute Gasteiger partial charge is 0.264 e. The summed E-state index contributed by atoms with van der Waals surface area (Å²) in [6, 6.07) is 7.62. The minimum Gasteiger partial charge on any atom is -0.392 e. The molecular weight excluding hydrogens is 408 g/mol. The van der Waals surface area contributed by atoms with Crippen LogP contribution in [0.3, 0.4) is 0 Å². The number of carbonyl (C=O) groups excluding carboxylic acids is 1. The van der Waals surface area contributed by atoms with E-state index in [1.165, 1.54) is 12.4 Å².